The Kier molecular flexibility index (Phi) is 4.93. The highest BCUT2D eigenvalue weighted by molar-refractivity contribution is 6.74. The van der Waals surface area contributed by atoms with Crippen molar-refractivity contribution in [2.45, 2.75) is 58.2 Å². The van der Waals surface area contributed by atoms with Gasteiger partial charge in [0.2, 0.25) is 8.32 Å². The van der Waals surface area contributed by atoms with Crippen LogP contribution in [0.1, 0.15) is 40.2 Å². The van der Waals surface area contributed by atoms with Crippen molar-refractivity contribution in [1.29, 1.82) is 0 Å². The lowest BCUT2D eigenvalue weighted by Crippen LogP contribution is -2.43. The van der Waals surface area contributed by atoms with Crippen LogP contribution in [0.5, 0.6) is 5.75 Å². The molecule has 21 heavy (non-hydrogen) atoms. The van der Waals surface area contributed by atoms with E-state index in [-0.39, 0.29) is 11.0 Å². The van der Waals surface area contributed by atoms with Crippen molar-refractivity contribution in [2.24, 2.45) is 0 Å². The summed E-state index contributed by atoms with van der Waals surface area (Å²) in [5, 5.41) is 0.140. The molecule has 0 spiro atoms. The average Bonchev–Trinajstić information content (AvgIpc) is 2.36. The Morgan fingerprint density at radius 3 is 2.14 bits per heavy atom. The van der Waals surface area contributed by atoms with Crippen molar-refractivity contribution < 1.29 is 14.0 Å². The predicted molar refractivity (Wildman–Crippen MR) is 89.3 cm³/mol. The van der Waals surface area contributed by atoms with Gasteiger partial charge in [-0.1, -0.05) is 32.9 Å². The van der Waals surface area contributed by atoms with Gasteiger partial charge in [0.05, 0.1) is 12.5 Å². The molecule has 0 aliphatic carbocycles. The molecule has 3 nitrogen and oxygen atoms in total. The zero-order valence-electron chi connectivity index (χ0n) is 14.5. The van der Waals surface area contributed by atoms with E-state index in [1.54, 1.807) is 0 Å². The molecular formula is C17H28O3Si. The van der Waals surface area contributed by atoms with Crippen molar-refractivity contribution in [3.8, 4) is 5.75 Å². The third-order valence-electron chi connectivity index (χ3n) is 4.43. The first-order chi connectivity index (χ1) is 9.41. The van der Waals surface area contributed by atoms with Crippen molar-refractivity contribution in [1.82, 2.24) is 0 Å². The minimum absolute atomic E-state index is 0.140. The summed E-state index contributed by atoms with van der Waals surface area (Å²) in [6.07, 6.45) is 0. The largest absolute Gasteiger partial charge is 0.543 e. The van der Waals surface area contributed by atoms with Crippen molar-refractivity contribution in [3.05, 3.63) is 29.8 Å². The third kappa shape index (κ3) is 3.88. The van der Waals surface area contributed by atoms with Crippen LogP contribution in [0.25, 0.3) is 0 Å². The zero-order chi connectivity index (χ0) is 16.5. The van der Waals surface area contributed by atoms with Crippen LogP contribution in [0.3, 0.4) is 0 Å². The molecule has 0 N–H and O–H groups in total. The second-order valence-electron chi connectivity index (χ2n) is 7.51. The number of benzene rings is 1. The van der Waals surface area contributed by atoms with Gasteiger partial charge in [-0.25, -0.2) is 0 Å². The molecule has 0 aliphatic rings. The number of ether oxygens (including phenoxy) is 1. The van der Waals surface area contributed by atoms with Gasteiger partial charge in [0.15, 0.2) is 0 Å². The fourth-order valence-corrected chi connectivity index (χ4v) is 2.79. The highest BCUT2D eigenvalue weighted by Gasteiger charge is 2.39. The van der Waals surface area contributed by atoms with Gasteiger partial charge in [0.1, 0.15) is 5.75 Å². The summed E-state index contributed by atoms with van der Waals surface area (Å²) < 4.78 is 11.2. The lowest BCUT2D eigenvalue weighted by atomic mass is 9.85. The van der Waals surface area contributed by atoms with Crippen LogP contribution in [0.15, 0.2) is 24.3 Å². The quantitative estimate of drug-likeness (QED) is 0.606. The maximum absolute atomic E-state index is 11.9. The van der Waals surface area contributed by atoms with E-state index >= 15 is 0 Å². The Hall–Kier alpha value is -1.29. The van der Waals surface area contributed by atoms with Crippen LogP contribution in [0, 0.1) is 0 Å². The van der Waals surface area contributed by atoms with Crippen LogP contribution < -0.4 is 4.43 Å². The van der Waals surface area contributed by atoms with Gasteiger partial charge in [-0.2, -0.15) is 0 Å². The second-order valence-corrected chi connectivity index (χ2v) is 12.2. The van der Waals surface area contributed by atoms with Crippen molar-refractivity contribution >= 4 is 14.3 Å². The molecule has 1 aromatic carbocycles. The lowest BCUT2D eigenvalue weighted by molar-refractivity contribution is -0.146. The normalized spacial score (nSPS) is 13.0. The van der Waals surface area contributed by atoms with E-state index in [2.05, 4.69) is 33.9 Å². The standard InChI is InChI=1S/C17H28O3Si/c1-16(2,3)21(7,8)20-14-11-9-10-13(12-14)17(4,5)15(18)19-6/h9-12H,1-8H3. The third-order valence-corrected chi connectivity index (χ3v) is 8.79. The molecule has 0 amide bonds. The Bertz CT molecular complexity index is 513. The summed E-state index contributed by atoms with van der Waals surface area (Å²) in [7, 11) is -0.463. The topological polar surface area (TPSA) is 35.5 Å². The Labute approximate surface area is 129 Å². The molecule has 1 aromatic rings. The average molecular weight is 308 g/mol. The number of esters is 1. The maximum atomic E-state index is 11.9. The summed E-state index contributed by atoms with van der Waals surface area (Å²) in [5.74, 6) is 0.586. The molecule has 0 aliphatic heterocycles. The molecule has 0 bridgehead atoms. The summed E-state index contributed by atoms with van der Waals surface area (Å²) in [6, 6.07) is 7.78. The number of rotatable bonds is 4. The van der Waals surface area contributed by atoms with E-state index < -0.39 is 13.7 Å². The van der Waals surface area contributed by atoms with E-state index in [1.165, 1.54) is 7.11 Å². The van der Waals surface area contributed by atoms with E-state index in [4.69, 9.17) is 9.16 Å². The Balaban J connectivity index is 3.10. The second kappa shape index (κ2) is 5.83. The van der Waals surface area contributed by atoms with Gasteiger partial charge in [0.25, 0.3) is 0 Å². The van der Waals surface area contributed by atoms with Gasteiger partial charge in [0, 0.05) is 0 Å². The van der Waals surface area contributed by atoms with Gasteiger partial charge in [-0.15, -0.1) is 0 Å². The number of carbonyl (C=O) groups excluding carboxylic acids is 1. The lowest BCUT2D eigenvalue weighted by Gasteiger charge is -2.36. The summed E-state index contributed by atoms with van der Waals surface area (Å²) in [5.41, 5.74) is 0.229. The molecule has 0 heterocycles. The Morgan fingerprint density at radius 2 is 1.67 bits per heavy atom. The van der Waals surface area contributed by atoms with Crippen LogP contribution in [-0.4, -0.2) is 21.4 Å². The van der Waals surface area contributed by atoms with E-state index in [1.807, 2.05) is 38.1 Å². The zero-order valence-corrected chi connectivity index (χ0v) is 15.5. The van der Waals surface area contributed by atoms with E-state index in [9.17, 15) is 4.79 Å². The summed E-state index contributed by atoms with van der Waals surface area (Å²) in [4.78, 5) is 11.9. The SMILES string of the molecule is COC(=O)C(C)(C)c1cccc(O[Si](C)(C)C(C)(C)C)c1. The fraction of sp³-hybridized carbons (Fsp3) is 0.588. The number of carbonyl (C=O) groups is 1. The first-order valence-electron chi connectivity index (χ1n) is 7.30. The van der Waals surface area contributed by atoms with Crippen LogP contribution >= 0.6 is 0 Å². The maximum Gasteiger partial charge on any atom is 0.315 e. The molecule has 0 saturated heterocycles. The minimum atomic E-state index is -1.88. The van der Waals surface area contributed by atoms with Gasteiger partial charge < -0.3 is 9.16 Å². The highest BCUT2D eigenvalue weighted by atomic mass is 28.4. The van der Waals surface area contributed by atoms with Crippen molar-refractivity contribution in [3.63, 3.8) is 0 Å². The molecule has 0 atom stereocenters. The van der Waals surface area contributed by atoms with Crippen LogP contribution in [-0.2, 0) is 14.9 Å². The number of methoxy groups -OCH3 is 1. The first kappa shape index (κ1) is 17.8. The summed E-state index contributed by atoms with van der Waals surface area (Å²) >= 11 is 0. The molecule has 118 valence electrons. The molecular weight excluding hydrogens is 280 g/mol. The van der Waals surface area contributed by atoms with Crippen molar-refractivity contribution in [2.75, 3.05) is 7.11 Å². The monoisotopic (exact) mass is 308 g/mol. The smallest absolute Gasteiger partial charge is 0.315 e. The highest BCUT2D eigenvalue weighted by Crippen LogP contribution is 2.38. The number of hydrogen-bond acceptors (Lipinski definition) is 3. The van der Waals surface area contributed by atoms with E-state index in [0.717, 1.165) is 11.3 Å². The predicted octanol–water partition coefficient (Wildman–Crippen LogP) is 4.52. The fourth-order valence-electron chi connectivity index (χ4n) is 1.77. The van der Waals surface area contributed by atoms with Crippen LogP contribution in [0.2, 0.25) is 18.1 Å². The number of hydrogen-bond donors (Lipinski definition) is 0. The van der Waals surface area contributed by atoms with Crippen LogP contribution in [0.4, 0.5) is 0 Å². The minimum Gasteiger partial charge on any atom is -0.543 e. The molecule has 0 unspecified atom stereocenters. The summed E-state index contributed by atoms with van der Waals surface area (Å²) in [6.45, 7) is 14.8. The molecule has 4 heteroatoms. The molecule has 0 saturated carbocycles. The van der Waals surface area contributed by atoms with Gasteiger partial charge in [-0.05, 0) is 49.7 Å². The Morgan fingerprint density at radius 1 is 1.10 bits per heavy atom. The first-order valence-corrected chi connectivity index (χ1v) is 10.2. The molecule has 1 rings (SSSR count). The van der Waals surface area contributed by atoms with E-state index in [0.29, 0.717) is 0 Å². The molecule has 0 fully saturated rings. The van der Waals surface area contributed by atoms with Gasteiger partial charge >= 0.3 is 5.97 Å². The van der Waals surface area contributed by atoms with Gasteiger partial charge in [-0.3, -0.25) is 4.79 Å². The molecule has 0 aromatic heterocycles. The molecule has 0 radical (unpaired) electrons.